The van der Waals surface area contributed by atoms with Crippen molar-refractivity contribution >= 4 is 29.1 Å². The maximum Gasteiger partial charge on any atom is 0.416 e. The van der Waals surface area contributed by atoms with Crippen LogP contribution in [0.2, 0.25) is 0 Å². The summed E-state index contributed by atoms with van der Waals surface area (Å²) in [4.78, 5) is 40.2. The number of carbonyl (C=O) groups excluding carboxylic acids is 3. The third-order valence-corrected chi connectivity index (χ3v) is 4.78. The lowest BCUT2D eigenvalue weighted by molar-refractivity contribution is -0.137. The molecule has 0 bridgehead atoms. The lowest BCUT2D eigenvalue weighted by Crippen LogP contribution is -2.45. The molecule has 1 atom stereocenters. The number of anilines is 2. The molecule has 0 saturated carbocycles. The summed E-state index contributed by atoms with van der Waals surface area (Å²) in [6.07, 6.45) is -4.50. The van der Waals surface area contributed by atoms with Crippen molar-refractivity contribution in [2.24, 2.45) is 0 Å². The number of alkyl halides is 3. The van der Waals surface area contributed by atoms with E-state index in [0.717, 1.165) is 23.1 Å². The van der Waals surface area contributed by atoms with Crippen molar-refractivity contribution in [1.29, 1.82) is 0 Å². The first-order chi connectivity index (χ1) is 14.1. The highest BCUT2D eigenvalue weighted by Crippen LogP contribution is 2.32. The number of rotatable bonds is 3. The minimum absolute atomic E-state index is 0.0751. The second-order valence-corrected chi connectivity index (χ2v) is 7.12. The van der Waals surface area contributed by atoms with Crippen LogP contribution < -0.4 is 10.2 Å². The minimum Gasteiger partial charge on any atom is -0.332 e. The maximum atomic E-state index is 13.0. The lowest BCUT2D eigenvalue weighted by Gasteiger charge is -2.29. The fraction of sp³-hybridized carbons (Fsp3) is 0.286. The summed E-state index contributed by atoms with van der Waals surface area (Å²) < 4.78 is 38.8. The molecule has 9 heteroatoms. The average molecular weight is 419 g/mol. The van der Waals surface area contributed by atoms with E-state index in [-0.39, 0.29) is 24.4 Å². The number of hydrogen-bond acceptors (Lipinski definition) is 3. The van der Waals surface area contributed by atoms with Gasteiger partial charge < -0.3 is 15.1 Å². The lowest BCUT2D eigenvalue weighted by atomic mass is 10.1. The second-order valence-electron chi connectivity index (χ2n) is 7.12. The SMILES string of the molecule is CC1CC(=O)Nc2ccccc2N1C(=O)CN(C)C(=O)c1cccc(C(F)(F)F)c1. The topological polar surface area (TPSA) is 69.7 Å². The summed E-state index contributed by atoms with van der Waals surface area (Å²) in [5.74, 6) is -1.40. The Balaban J connectivity index is 1.81. The molecule has 1 N–H and O–H groups in total. The Bertz CT molecular complexity index is 991. The molecule has 0 fully saturated rings. The Morgan fingerprint density at radius 1 is 1.17 bits per heavy atom. The van der Waals surface area contributed by atoms with Crippen molar-refractivity contribution in [1.82, 2.24) is 4.90 Å². The van der Waals surface area contributed by atoms with Crippen LogP contribution in [-0.2, 0) is 15.8 Å². The highest BCUT2D eigenvalue weighted by Gasteiger charge is 2.33. The van der Waals surface area contributed by atoms with Crippen molar-refractivity contribution in [3.05, 3.63) is 59.7 Å². The van der Waals surface area contributed by atoms with Crippen LogP contribution in [0.3, 0.4) is 0 Å². The Morgan fingerprint density at radius 2 is 1.87 bits per heavy atom. The third-order valence-electron chi connectivity index (χ3n) is 4.78. The normalized spacial score (nSPS) is 16.4. The van der Waals surface area contributed by atoms with Gasteiger partial charge in [0.25, 0.3) is 5.91 Å². The first-order valence-corrected chi connectivity index (χ1v) is 9.21. The molecule has 6 nitrogen and oxygen atoms in total. The number of halogens is 3. The Kier molecular flexibility index (Phi) is 5.82. The zero-order chi connectivity index (χ0) is 22.1. The fourth-order valence-corrected chi connectivity index (χ4v) is 3.37. The van der Waals surface area contributed by atoms with Crippen LogP contribution in [0.1, 0.15) is 29.3 Å². The number of amides is 3. The highest BCUT2D eigenvalue weighted by molar-refractivity contribution is 6.06. The Morgan fingerprint density at radius 3 is 2.57 bits per heavy atom. The number of carbonyl (C=O) groups is 3. The predicted molar refractivity (Wildman–Crippen MR) is 105 cm³/mol. The molecule has 3 rings (SSSR count). The van der Waals surface area contributed by atoms with Crippen LogP contribution >= 0.6 is 0 Å². The molecular weight excluding hydrogens is 399 g/mol. The summed E-state index contributed by atoms with van der Waals surface area (Å²) in [6.45, 7) is 1.36. The average Bonchev–Trinajstić information content (AvgIpc) is 2.80. The fourth-order valence-electron chi connectivity index (χ4n) is 3.37. The quantitative estimate of drug-likeness (QED) is 0.828. The Labute approximate surface area is 171 Å². The zero-order valence-corrected chi connectivity index (χ0v) is 16.4. The van der Waals surface area contributed by atoms with E-state index in [1.807, 2.05) is 0 Å². The van der Waals surface area contributed by atoms with Gasteiger partial charge in [0.05, 0.1) is 16.9 Å². The van der Waals surface area contributed by atoms with Crippen LogP contribution in [0.25, 0.3) is 0 Å². The van der Waals surface area contributed by atoms with Gasteiger partial charge >= 0.3 is 6.18 Å². The molecule has 0 saturated heterocycles. The molecule has 0 radical (unpaired) electrons. The molecule has 1 aliphatic heterocycles. The molecule has 3 amide bonds. The van der Waals surface area contributed by atoms with Gasteiger partial charge in [0.15, 0.2) is 0 Å². The van der Waals surface area contributed by atoms with Gasteiger partial charge in [-0.2, -0.15) is 13.2 Å². The van der Waals surface area contributed by atoms with Gasteiger partial charge in [0.1, 0.15) is 6.54 Å². The van der Waals surface area contributed by atoms with E-state index in [1.165, 1.54) is 18.0 Å². The monoisotopic (exact) mass is 419 g/mol. The zero-order valence-electron chi connectivity index (χ0n) is 16.4. The van der Waals surface area contributed by atoms with Crippen molar-refractivity contribution in [3.8, 4) is 0 Å². The van der Waals surface area contributed by atoms with Gasteiger partial charge in [0.2, 0.25) is 11.8 Å². The van der Waals surface area contributed by atoms with Gasteiger partial charge in [-0.25, -0.2) is 0 Å². The van der Waals surface area contributed by atoms with Gasteiger partial charge in [-0.05, 0) is 37.3 Å². The molecule has 0 spiro atoms. The van der Waals surface area contributed by atoms with Crippen LogP contribution in [0.15, 0.2) is 48.5 Å². The van der Waals surface area contributed by atoms with Gasteiger partial charge in [-0.1, -0.05) is 18.2 Å². The standard InChI is InChI=1S/C21H20F3N3O3/c1-13-10-18(28)25-16-8-3-4-9-17(16)27(13)19(29)12-26(2)20(30)14-6-5-7-15(11-14)21(22,23)24/h3-9,11,13H,10,12H2,1-2H3,(H,25,28). The van der Waals surface area contributed by atoms with Crippen molar-refractivity contribution < 1.29 is 27.6 Å². The summed E-state index contributed by atoms with van der Waals surface area (Å²) >= 11 is 0. The third kappa shape index (κ3) is 4.45. The summed E-state index contributed by atoms with van der Waals surface area (Å²) in [7, 11) is 1.35. The van der Waals surface area contributed by atoms with E-state index in [9.17, 15) is 27.6 Å². The van der Waals surface area contributed by atoms with Crippen LogP contribution in [0.5, 0.6) is 0 Å². The van der Waals surface area contributed by atoms with Crippen LogP contribution in [0.4, 0.5) is 24.5 Å². The second kappa shape index (κ2) is 8.17. The molecule has 30 heavy (non-hydrogen) atoms. The van der Waals surface area contributed by atoms with E-state index in [4.69, 9.17) is 0 Å². The number of likely N-dealkylation sites (N-methyl/N-ethyl adjacent to an activating group) is 1. The first-order valence-electron chi connectivity index (χ1n) is 9.21. The molecule has 0 aliphatic carbocycles. The first kappa shape index (κ1) is 21.4. The summed E-state index contributed by atoms with van der Waals surface area (Å²) in [5.41, 5.74) is -0.123. The molecule has 1 heterocycles. The number of hydrogen-bond donors (Lipinski definition) is 1. The van der Waals surface area contributed by atoms with E-state index in [1.54, 1.807) is 31.2 Å². The molecule has 0 aromatic heterocycles. The van der Waals surface area contributed by atoms with E-state index in [2.05, 4.69) is 5.32 Å². The number of para-hydroxylation sites is 2. The van der Waals surface area contributed by atoms with Crippen molar-refractivity contribution in [2.75, 3.05) is 23.8 Å². The van der Waals surface area contributed by atoms with E-state index >= 15 is 0 Å². The minimum atomic E-state index is -4.57. The number of benzene rings is 2. The van der Waals surface area contributed by atoms with E-state index < -0.39 is 29.6 Å². The summed E-state index contributed by atoms with van der Waals surface area (Å²) in [5, 5.41) is 2.74. The number of nitrogens with zero attached hydrogens (tertiary/aromatic N) is 2. The molecular formula is C21H20F3N3O3. The maximum absolute atomic E-state index is 13.0. The molecule has 2 aromatic carbocycles. The van der Waals surface area contributed by atoms with Crippen LogP contribution in [0, 0.1) is 0 Å². The largest absolute Gasteiger partial charge is 0.416 e. The molecule has 2 aromatic rings. The molecule has 158 valence electrons. The highest BCUT2D eigenvalue weighted by atomic mass is 19.4. The number of nitrogens with one attached hydrogen (secondary N) is 1. The summed E-state index contributed by atoms with van der Waals surface area (Å²) in [6, 6.07) is 10.4. The Hall–Kier alpha value is -3.36. The van der Waals surface area contributed by atoms with Gasteiger partial charge in [-0.3, -0.25) is 14.4 Å². The number of fused-ring (bicyclic) bond motifs is 1. The molecule has 1 aliphatic rings. The van der Waals surface area contributed by atoms with Crippen molar-refractivity contribution in [3.63, 3.8) is 0 Å². The smallest absolute Gasteiger partial charge is 0.332 e. The molecule has 1 unspecified atom stereocenters. The van der Waals surface area contributed by atoms with Crippen molar-refractivity contribution in [2.45, 2.75) is 25.6 Å². The van der Waals surface area contributed by atoms with E-state index in [0.29, 0.717) is 11.4 Å². The van der Waals surface area contributed by atoms with Gasteiger partial charge in [-0.15, -0.1) is 0 Å². The van der Waals surface area contributed by atoms with Crippen LogP contribution in [-0.4, -0.2) is 42.3 Å². The van der Waals surface area contributed by atoms with Gasteiger partial charge in [0, 0.05) is 25.1 Å². The predicted octanol–water partition coefficient (Wildman–Crippen LogP) is 3.54.